The van der Waals surface area contributed by atoms with Crippen LogP contribution in [0.25, 0.3) is 0 Å². The zero-order chi connectivity index (χ0) is 11.4. The number of nitrogens with two attached hydrogens (primary N) is 1. The van der Waals surface area contributed by atoms with Crippen LogP contribution in [-0.2, 0) is 9.59 Å². The Morgan fingerprint density at radius 2 is 2.27 bits per heavy atom. The summed E-state index contributed by atoms with van der Waals surface area (Å²) in [6.45, 7) is 5.00. The van der Waals surface area contributed by atoms with Gasteiger partial charge in [0.2, 0.25) is 11.8 Å². The molecular formula is C10H19N3O2. The maximum atomic E-state index is 11.1. The lowest BCUT2D eigenvalue weighted by molar-refractivity contribution is -0.123. The molecule has 86 valence electrons. The summed E-state index contributed by atoms with van der Waals surface area (Å²) in [6.07, 6.45) is 1.62. The second-order valence-electron chi connectivity index (χ2n) is 4.01. The van der Waals surface area contributed by atoms with Crippen molar-refractivity contribution in [2.45, 2.75) is 38.8 Å². The Kier molecular flexibility index (Phi) is 4.08. The summed E-state index contributed by atoms with van der Waals surface area (Å²) in [5.74, 6) is -0.296. The van der Waals surface area contributed by atoms with Gasteiger partial charge >= 0.3 is 0 Å². The third-order valence-electron chi connectivity index (χ3n) is 2.78. The van der Waals surface area contributed by atoms with E-state index >= 15 is 0 Å². The number of carbonyl (C=O) groups is 2. The average molecular weight is 213 g/mol. The van der Waals surface area contributed by atoms with Gasteiger partial charge in [0.25, 0.3) is 0 Å². The summed E-state index contributed by atoms with van der Waals surface area (Å²) in [7, 11) is 0. The molecule has 2 atom stereocenters. The number of nitrogens with zero attached hydrogens (tertiary/aromatic N) is 1. The maximum absolute atomic E-state index is 11.1. The summed E-state index contributed by atoms with van der Waals surface area (Å²) < 4.78 is 0. The average Bonchev–Trinajstić information content (AvgIpc) is 2.52. The fourth-order valence-electron chi connectivity index (χ4n) is 2.11. The third-order valence-corrected chi connectivity index (χ3v) is 2.78. The van der Waals surface area contributed by atoms with Crippen molar-refractivity contribution in [3.8, 4) is 0 Å². The van der Waals surface area contributed by atoms with E-state index in [1.807, 2.05) is 11.8 Å². The van der Waals surface area contributed by atoms with Crippen LogP contribution in [0.1, 0.15) is 26.7 Å². The SMILES string of the molecule is CCC(C(N)=O)N1CCC(NC(C)=O)C1. The first-order chi connectivity index (χ1) is 7.04. The van der Waals surface area contributed by atoms with Crippen LogP contribution in [0.15, 0.2) is 0 Å². The van der Waals surface area contributed by atoms with Gasteiger partial charge < -0.3 is 11.1 Å². The molecule has 0 aromatic heterocycles. The van der Waals surface area contributed by atoms with Crippen molar-refractivity contribution in [2.75, 3.05) is 13.1 Å². The molecule has 3 N–H and O–H groups in total. The van der Waals surface area contributed by atoms with Crippen molar-refractivity contribution in [3.63, 3.8) is 0 Å². The van der Waals surface area contributed by atoms with E-state index in [0.717, 1.165) is 25.9 Å². The minimum Gasteiger partial charge on any atom is -0.368 e. The standard InChI is InChI=1S/C10H19N3O2/c1-3-9(10(11)15)13-5-4-8(6-13)12-7(2)14/h8-9H,3-6H2,1-2H3,(H2,11,15)(H,12,14). The lowest BCUT2D eigenvalue weighted by atomic mass is 10.2. The molecule has 1 saturated heterocycles. The van der Waals surface area contributed by atoms with Crippen LogP contribution in [0.3, 0.4) is 0 Å². The minimum absolute atomic E-state index is 0.0195. The van der Waals surface area contributed by atoms with Crippen molar-refractivity contribution >= 4 is 11.8 Å². The molecule has 0 saturated carbocycles. The van der Waals surface area contributed by atoms with Crippen LogP contribution >= 0.6 is 0 Å². The number of hydrogen-bond donors (Lipinski definition) is 2. The molecule has 0 spiro atoms. The van der Waals surface area contributed by atoms with Crippen molar-refractivity contribution in [1.82, 2.24) is 10.2 Å². The number of nitrogens with one attached hydrogen (secondary N) is 1. The topological polar surface area (TPSA) is 75.4 Å². The molecular weight excluding hydrogens is 194 g/mol. The summed E-state index contributed by atoms with van der Waals surface area (Å²) in [5, 5.41) is 2.86. The van der Waals surface area contributed by atoms with Crippen molar-refractivity contribution < 1.29 is 9.59 Å². The second-order valence-corrected chi connectivity index (χ2v) is 4.01. The van der Waals surface area contributed by atoms with Gasteiger partial charge in [-0.1, -0.05) is 6.92 Å². The summed E-state index contributed by atoms with van der Waals surface area (Å²) in [6, 6.07) is -0.0281. The van der Waals surface area contributed by atoms with E-state index in [9.17, 15) is 9.59 Å². The molecule has 2 amide bonds. The Morgan fingerprint density at radius 1 is 1.60 bits per heavy atom. The molecule has 5 nitrogen and oxygen atoms in total. The van der Waals surface area contributed by atoms with Gasteiger partial charge in [-0.3, -0.25) is 14.5 Å². The molecule has 1 aliphatic heterocycles. The summed E-state index contributed by atoms with van der Waals surface area (Å²) in [5.41, 5.74) is 5.31. The van der Waals surface area contributed by atoms with Crippen molar-refractivity contribution in [1.29, 1.82) is 0 Å². The monoisotopic (exact) mass is 213 g/mol. The van der Waals surface area contributed by atoms with Crippen LogP contribution in [0.2, 0.25) is 0 Å². The Morgan fingerprint density at radius 3 is 2.73 bits per heavy atom. The molecule has 5 heteroatoms. The van der Waals surface area contributed by atoms with Gasteiger partial charge in [-0.05, 0) is 12.8 Å². The summed E-state index contributed by atoms with van der Waals surface area (Å²) in [4.78, 5) is 24.0. The number of amides is 2. The first-order valence-corrected chi connectivity index (χ1v) is 5.35. The van der Waals surface area contributed by atoms with Crippen molar-refractivity contribution in [3.05, 3.63) is 0 Å². The Labute approximate surface area is 90.0 Å². The normalized spacial score (nSPS) is 23.7. The first kappa shape index (κ1) is 12.0. The highest BCUT2D eigenvalue weighted by Gasteiger charge is 2.30. The molecule has 0 aliphatic carbocycles. The van der Waals surface area contributed by atoms with E-state index in [-0.39, 0.29) is 23.9 Å². The first-order valence-electron chi connectivity index (χ1n) is 5.35. The lowest BCUT2D eigenvalue weighted by Gasteiger charge is -2.23. The molecule has 0 bridgehead atoms. The van der Waals surface area contributed by atoms with Crippen LogP contribution in [0.4, 0.5) is 0 Å². The largest absolute Gasteiger partial charge is 0.368 e. The highest BCUT2D eigenvalue weighted by atomic mass is 16.2. The van der Waals surface area contributed by atoms with Crippen molar-refractivity contribution in [2.24, 2.45) is 5.73 Å². The predicted octanol–water partition coefficient (Wildman–Crippen LogP) is -0.539. The van der Waals surface area contributed by atoms with E-state index in [1.165, 1.54) is 6.92 Å². The molecule has 2 unspecified atom stereocenters. The predicted molar refractivity (Wildman–Crippen MR) is 57.1 cm³/mol. The Balaban J connectivity index is 2.47. The Hall–Kier alpha value is -1.10. The zero-order valence-corrected chi connectivity index (χ0v) is 9.32. The van der Waals surface area contributed by atoms with Gasteiger partial charge in [0.15, 0.2) is 0 Å². The van der Waals surface area contributed by atoms with Gasteiger partial charge in [0.05, 0.1) is 6.04 Å². The highest BCUT2D eigenvalue weighted by Crippen LogP contribution is 2.14. The molecule has 1 fully saturated rings. The molecule has 1 aliphatic rings. The Bertz CT molecular complexity index is 255. The fraction of sp³-hybridized carbons (Fsp3) is 0.800. The van der Waals surface area contributed by atoms with Gasteiger partial charge in [-0.15, -0.1) is 0 Å². The zero-order valence-electron chi connectivity index (χ0n) is 9.32. The quantitative estimate of drug-likeness (QED) is 0.658. The van der Waals surface area contributed by atoms with E-state index in [0.29, 0.717) is 0 Å². The number of rotatable bonds is 4. The molecule has 1 rings (SSSR count). The van der Waals surface area contributed by atoms with Crippen LogP contribution < -0.4 is 11.1 Å². The van der Waals surface area contributed by atoms with Crippen LogP contribution in [-0.4, -0.2) is 41.9 Å². The summed E-state index contributed by atoms with van der Waals surface area (Å²) >= 11 is 0. The van der Waals surface area contributed by atoms with Gasteiger partial charge in [0, 0.05) is 26.1 Å². The van der Waals surface area contributed by atoms with Crippen LogP contribution in [0, 0.1) is 0 Å². The maximum Gasteiger partial charge on any atom is 0.234 e. The molecule has 0 aromatic rings. The molecule has 0 radical (unpaired) electrons. The van der Waals surface area contributed by atoms with Crippen LogP contribution in [0.5, 0.6) is 0 Å². The van der Waals surface area contributed by atoms with Gasteiger partial charge in [-0.25, -0.2) is 0 Å². The van der Waals surface area contributed by atoms with E-state index in [2.05, 4.69) is 5.32 Å². The van der Waals surface area contributed by atoms with E-state index < -0.39 is 0 Å². The van der Waals surface area contributed by atoms with Gasteiger partial charge in [-0.2, -0.15) is 0 Å². The number of carbonyl (C=O) groups excluding carboxylic acids is 2. The highest BCUT2D eigenvalue weighted by molar-refractivity contribution is 5.79. The number of likely N-dealkylation sites (tertiary alicyclic amines) is 1. The lowest BCUT2D eigenvalue weighted by Crippen LogP contribution is -2.45. The minimum atomic E-state index is -0.277. The van der Waals surface area contributed by atoms with E-state index in [4.69, 9.17) is 5.73 Å². The van der Waals surface area contributed by atoms with Gasteiger partial charge in [0.1, 0.15) is 0 Å². The molecule has 1 heterocycles. The molecule has 0 aromatic carbocycles. The third kappa shape index (κ3) is 3.20. The van der Waals surface area contributed by atoms with E-state index in [1.54, 1.807) is 0 Å². The smallest absolute Gasteiger partial charge is 0.234 e. The fourth-order valence-corrected chi connectivity index (χ4v) is 2.11. The second kappa shape index (κ2) is 5.11. The number of primary amides is 1. The number of hydrogen-bond acceptors (Lipinski definition) is 3. The molecule has 15 heavy (non-hydrogen) atoms.